The average Bonchev–Trinajstić information content (AvgIpc) is 2.39. The zero-order chi connectivity index (χ0) is 13.8. The second-order valence-electron chi connectivity index (χ2n) is 3.75. The molecule has 0 saturated heterocycles. The molecule has 1 rings (SSSR count). The highest BCUT2D eigenvalue weighted by Crippen LogP contribution is 2.31. The summed E-state index contributed by atoms with van der Waals surface area (Å²) in [7, 11) is 2.67. The fourth-order valence-electron chi connectivity index (χ4n) is 1.68. The molecule has 0 radical (unpaired) electrons. The molecule has 98 valence electrons. The Bertz CT molecular complexity index is 449. The number of hydrogen-bond acceptors (Lipinski definition) is 5. The highest BCUT2D eigenvalue weighted by atomic mass is 16.9. The van der Waals surface area contributed by atoms with Gasteiger partial charge in [0.15, 0.2) is 0 Å². The van der Waals surface area contributed by atoms with Crippen LogP contribution in [0.2, 0.25) is 0 Å². The van der Waals surface area contributed by atoms with Crippen molar-refractivity contribution in [3.05, 3.63) is 34.9 Å². The van der Waals surface area contributed by atoms with Gasteiger partial charge in [-0.25, -0.2) is 4.79 Å². The van der Waals surface area contributed by atoms with E-state index in [0.29, 0.717) is 5.56 Å². The molecule has 1 aromatic rings. The number of benzene rings is 1. The van der Waals surface area contributed by atoms with E-state index in [-0.39, 0.29) is 6.29 Å². The van der Waals surface area contributed by atoms with Crippen LogP contribution in [-0.4, -0.2) is 26.5 Å². The summed E-state index contributed by atoms with van der Waals surface area (Å²) in [5.41, 5.74) is 2.40. The van der Waals surface area contributed by atoms with E-state index in [0.717, 1.165) is 11.1 Å². The zero-order valence-corrected chi connectivity index (χ0v) is 10.9. The number of rotatable bonds is 5. The molecule has 0 N–H and O–H groups in total. The van der Waals surface area contributed by atoms with Crippen molar-refractivity contribution in [3.63, 3.8) is 0 Å². The van der Waals surface area contributed by atoms with Crippen LogP contribution in [0.1, 0.15) is 16.7 Å². The van der Waals surface area contributed by atoms with Gasteiger partial charge in [0.05, 0.1) is 5.56 Å². The third kappa shape index (κ3) is 2.57. The van der Waals surface area contributed by atoms with Crippen molar-refractivity contribution in [3.8, 4) is 0 Å². The summed E-state index contributed by atoms with van der Waals surface area (Å²) >= 11 is 0. The Kier molecular flexibility index (Phi) is 4.58. The first kappa shape index (κ1) is 14.3. The lowest BCUT2D eigenvalue weighted by Gasteiger charge is -2.30. The third-order valence-corrected chi connectivity index (χ3v) is 2.80. The minimum atomic E-state index is -1.70. The Morgan fingerprint density at radius 2 is 1.83 bits per heavy atom. The molecule has 0 aromatic heterocycles. The van der Waals surface area contributed by atoms with Crippen LogP contribution in [0.3, 0.4) is 0 Å². The summed E-state index contributed by atoms with van der Waals surface area (Å²) in [6.07, 6.45) is 0.0674. The zero-order valence-electron chi connectivity index (χ0n) is 10.9. The van der Waals surface area contributed by atoms with Crippen molar-refractivity contribution in [2.45, 2.75) is 19.8 Å². The molecule has 5 nitrogen and oxygen atoms in total. The van der Waals surface area contributed by atoms with E-state index in [1.807, 2.05) is 19.9 Å². The Morgan fingerprint density at radius 1 is 1.22 bits per heavy atom. The topological polar surface area (TPSA) is 61.8 Å². The highest BCUT2D eigenvalue weighted by molar-refractivity contribution is 6.20. The van der Waals surface area contributed by atoms with Crippen LogP contribution in [0.4, 0.5) is 0 Å². The second kappa shape index (κ2) is 5.75. The molecule has 1 aromatic carbocycles. The monoisotopic (exact) mass is 252 g/mol. The normalized spacial score (nSPS) is 11.1. The molecular weight excluding hydrogens is 236 g/mol. The van der Waals surface area contributed by atoms with Gasteiger partial charge in [0.2, 0.25) is 6.29 Å². The number of hydrogen-bond donors (Lipinski definition) is 0. The first-order valence-electron chi connectivity index (χ1n) is 5.36. The van der Waals surface area contributed by atoms with Crippen molar-refractivity contribution >= 4 is 12.3 Å². The van der Waals surface area contributed by atoms with Crippen LogP contribution < -0.4 is 0 Å². The van der Waals surface area contributed by atoms with Crippen LogP contribution >= 0.6 is 0 Å². The van der Waals surface area contributed by atoms with E-state index in [4.69, 9.17) is 14.2 Å². The van der Waals surface area contributed by atoms with Gasteiger partial charge in [0.25, 0.3) is 0 Å². The maximum Gasteiger partial charge on any atom is 0.375 e. The third-order valence-electron chi connectivity index (χ3n) is 2.80. The molecule has 0 unspecified atom stereocenters. The molecule has 0 amide bonds. The first-order valence-corrected chi connectivity index (χ1v) is 5.36. The van der Waals surface area contributed by atoms with Crippen molar-refractivity contribution in [2.24, 2.45) is 0 Å². The predicted octanol–water partition coefficient (Wildman–Crippen LogP) is 1.45. The standard InChI is InChI=1S/C13H16O5/c1-9-6-5-7-11(10(9)2)13(16-3,17-4)18-12(15)8-14/h5-8H,1-4H3. The van der Waals surface area contributed by atoms with E-state index >= 15 is 0 Å². The fourth-order valence-corrected chi connectivity index (χ4v) is 1.68. The lowest BCUT2D eigenvalue weighted by Crippen LogP contribution is -2.37. The van der Waals surface area contributed by atoms with Crippen molar-refractivity contribution in [2.75, 3.05) is 14.2 Å². The van der Waals surface area contributed by atoms with E-state index in [9.17, 15) is 9.59 Å². The number of methoxy groups -OCH3 is 2. The Hall–Kier alpha value is -1.72. The maximum atomic E-state index is 11.2. The number of ether oxygens (including phenoxy) is 3. The number of esters is 1. The first-order chi connectivity index (χ1) is 8.50. The molecule has 0 aliphatic heterocycles. The van der Waals surface area contributed by atoms with E-state index in [2.05, 4.69) is 0 Å². The molecule has 0 heterocycles. The fraction of sp³-hybridized carbons (Fsp3) is 0.385. The van der Waals surface area contributed by atoms with Gasteiger partial charge in [0.1, 0.15) is 0 Å². The molecule has 0 saturated carbocycles. The second-order valence-corrected chi connectivity index (χ2v) is 3.75. The minimum Gasteiger partial charge on any atom is -0.398 e. The van der Waals surface area contributed by atoms with Crippen molar-refractivity contribution in [1.82, 2.24) is 0 Å². The highest BCUT2D eigenvalue weighted by Gasteiger charge is 2.38. The van der Waals surface area contributed by atoms with Crippen molar-refractivity contribution < 1.29 is 23.8 Å². The largest absolute Gasteiger partial charge is 0.398 e. The summed E-state index contributed by atoms with van der Waals surface area (Å²) < 4.78 is 15.3. The molecule has 18 heavy (non-hydrogen) atoms. The predicted molar refractivity (Wildman–Crippen MR) is 63.8 cm³/mol. The summed E-state index contributed by atoms with van der Waals surface area (Å²) in [5.74, 6) is -2.76. The number of aldehydes is 1. The lowest BCUT2D eigenvalue weighted by atomic mass is 10.0. The van der Waals surface area contributed by atoms with Crippen LogP contribution in [0.15, 0.2) is 18.2 Å². The lowest BCUT2D eigenvalue weighted by molar-refractivity contribution is -0.354. The van der Waals surface area contributed by atoms with Crippen LogP contribution in [0, 0.1) is 13.8 Å². The summed E-state index contributed by atoms with van der Waals surface area (Å²) in [6, 6.07) is 5.42. The van der Waals surface area contributed by atoms with Gasteiger partial charge in [-0.2, -0.15) is 0 Å². The van der Waals surface area contributed by atoms with Gasteiger partial charge in [-0.15, -0.1) is 0 Å². The molecule has 0 aliphatic rings. The average molecular weight is 252 g/mol. The van der Waals surface area contributed by atoms with E-state index < -0.39 is 11.9 Å². The van der Waals surface area contributed by atoms with Gasteiger partial charge in [-0.3, -0.25) is 4.79 Å². The number of aryl methyl sites for hydroxylation is 1. The van der Waals surface area contributed by atoms with E-state index in [1.165, 1.54) is 14.2 Å². The molecule has 0 spiro atoms. The summed E-state index contributed by atoms with van der Waals surface area (Å²) in [5, 5.41) is 0. The van der Waals surface area contributed by atoms with Crippen LogP contribution in [0.5, 0.6) is 0 Å². The Balaban J connectivity index is 3.30. The van der Waals surface area contributed by atoms with Gasteiger partial charge in [-0.1, -0.05) is 12.1 Å². The van der Waals surface area contributed by atoms with Gasteiger partial charge in [0, 0.05) is 14.2 Å². The molecule has 0 aliphatic carbocycles. The quantitative estimate of drug-likeness (QED) is 0.343. The Morgan fingerprint density at radius 3 is 2.33 bits per heavy atom. The molecule has 0 bridgehead atoms. The van der Waals surface area contributed by atoms with Crippen LogP contribution in [-0.2, 0) is 29.8 Å². The number of carbonyl (C=O) groups excluding carboxylic acids is 2. The van der Waals surface area contributed by atoms with Crippen molar-refractivity contribution in [1.29, 1.82) is 0 Å². The summed E-state index contributed by atoms with van der Waals surface area (Å²) in [6.45, 7) is 3.77. The molecule has 0 fully saturated rings. The van der Waals surface area contributed by atoms with Gasteiger partial charge in [-0.05, 0) is 31.0 Å². The SMILES string of the molecule is COC(OC)(OC(=O)C=O)c1cccc(C)c1C. The molecule has 5 heteroatoms. The Labute approximate surface area is 106 Å². The van der Waals surface area contributed by atoms with Gasteiger partial charge >= 0.3 is 11.9 Å². The maximum absolute atomic E-state index is 11.2. The molecular formula is C13H16O5. The van der Waals surface area contributed by atoms with Gasteiger partial charge < -0.3 is 14.2 Å². The number of carbonyl (C=O) groups is 2. The molecule has 0 atom stereocenters. The minimum absolute atomic E-state index is 0.0674. The van der Waals surface area contributed by atoms with Crippen LogP contribution in [0.25, 0.3) is 0 Å². The smallest absolute Gasteiger partial charge is 0.375 e. The van der Waals surface area contributed by atoms with E-state index in [1.54, 1.807) is 12.1 Å². The summed E-state index contributed by atoms with van der Waals surface area (Å²) in [4.78, 5) is 21.6.